The Labute approximate surface area is 166 Å². The molecule has 146 valence electrons. The number of nitrogens with one attached hydrogen (secondary N) is 1. The molecule has 0 aliphatic carbocycles. The number of amidine groups is 1. The maximum Gasteiger partial charge on any atom is 0.339 e. The van der Waals surface area contributed by atoms with Gasteiger partial charge in [-0.3, -0.25) is 4.79 Å². The monoisotopic (exact) mass is 419 g/mol. The van der Waals surface area contributed by atoms with Crippen molar-refractivity contribution in [3.8, 4) is 11.5 Å². The SMILES string of the molecule is COc1ccc(S(=O)(=O)Oc2ccc(/C=N\N=C3\NC(=O)[C@H](C)S3)cc2)cc1. The summed E-state index contributed by atoms with van der Waals surface area (Å²) in [5.74, 6) is 0.626. The van der Waals surface area contributed by atoms with Gasteiger partial charge in [-0.2, -0.15) is 13.5 Å². The lowest BCUT2D eigenvalue weighted by Gasteiger charge is -2.07. The summed E-state index contributed by atoms with van der Waals surface area (Å²) >= 11 is 1.30. The van der Waals surface area contributed by atoms with Crippen molar-refractivity contribution < 1.29 is 22.1 Å². The van der Waals surface area contributed by atoms with Gasteiger partial charge in [0.05, 0.1) is 18.6 Å². The second kappa shape index (κ2) is 8.44. The van der Waals surface area contributed by atoms with E-state index in [1.807, 2.05) is 0 Å². The highest BCUT2D eigenvalue weighted by molar-refractivity contribution is 8.15. The van der Waals surface area contributed by atoms with Gasteiger partial charge in [0.1, 0.15) is 16.4 Å². The van der Waals surface area contributed by atoms with Gasteiger partial charge in [-0.05, 0) is 61.0 Å². The van der Waals surface area contributed by atoms with Gasteiger partial charge in [0.2, 0.25) is 5.91 Å². The minimum atomic E-state index is -3.94. The van der Waals surface area contributed by atoms with Crippen molar-refractivity contribution in [1.82, 2.24) is 5.32 Å². The molecule has 2 aromatic carbocycles. The smallest absolute Gasteiger partial charge is 0.339 e. The molecule has 1 saturated heterocycles. The zero-order valence-corrected chi connectivity index (χ0v) is 16.7. The Hall–Kier alpha value is -2.85. The van der Waals surface area contributed by atoms with Gasteiger partial charge in [0.15, 0.2) is 5.17 Å². The van der Waals surface area contributed by atoms with Gasteiger partial charge in [-0.15, -0.1) is 5.10 Å². The van der Waals surface area contributed by atoms with E-state index in [-0.39, 0.29) is 21.8 Å². The quantitative estimate of drug-likeness (QED) is 0.438. The average Bonchev–Trinajstić information content (AvgIpc) is 3.00. The van der Waals surface area contributed by atoms with Gasteiger partial charge < -0.3 is 14.2 Å². The maximum atomic E-state index is 12.3. The van der Waals surface area contributed by atoms with E-state index in [4.69, 9.17) is 8.92 Å². The van der Waals surface area contributed by atoms with Gasteiger partial charge in [0.25, 0.3) is 0 Å². The minimum absolute atomic E-state index is 0.0279. The van der Waals surface area contributed by atoms with E-state index >= 15 is 0 Å². The molecule has 8 nitrogen and oxygen atoms in total. The normalized spacial score (nSPS) is 18.4. The van der Waals surface area contributed by atoms with E-state index < -0.39 is 10.1 Å². The van der Waals surface area contributed by atoms with Crippen molar-refractivity contribution >= 4 is 39.2 Å². The molecule has 2 aromatic rings. The Balaban J connectivity index is 1.64. The third-order valence-electron chi connectivity index (χ3n) is 3.68. The molecule has 1 atom stereocenters. The number of ether oxygens (including phenoxy) is 1. The number of thioether (sulfide) groups is 1. The molecular formula is C18H17N3O5S2. The van der Waals surface area contributed by atoms with Gasteiger partial charge in [0, 0.05) is 0 Å². The van der Waals surface area contributed by atoms with Crippen molar-refractivity contribution in [1.29, 1.82) is 0 Å². The fraction of sp³-hybridized carbons (Fsp3) is 0.167. The molecule has 1 amide bonds. The lowest BCUT2D eigenvalue weighted by molar-refractivity contribution is -0.118. The molecule has 0 saturated carbocycles. The largest absolute Gasteiger partial charge is 0.497 e. The molecule has 1 fully saturated rings. The Bertz CT molecular complexity index is 1020. The zero-order valence-electron chi connectivity index (χ0n) is 15.0. The van der Waals surface area contributed by atoms with E-state index in [9.17, 15) is 13.2 Å². The van der Waals surface area contributed by atoms with Gasteiger partial charge >= 0.3 is 10.1 Å². The molecule has 1 aliphatic heterocycles. The van der Waals surface area contributed by atoms with E-state index in [0.29, 0.717) is 16.5 Å². The Kier molecular flexibility index (Phi) is 6.00. The fourth-order valence-electron chi connectivity index (χ4n) is 2.18. The standard InChI is InChI=1S/C18H17N3O5S2/c1-12-17(22)20-18(27-12)21-19-11-13-3-5-15(6-4-13)26-28(23,24)16-9-7-14(25-2)8-10-16/h3-12H,1-2H3,(H,20,21,22)/b19-11-/t12-/m0/s1. The molecule has 1 N–H and O–H groups in total. The number of carbonyl (C=O) groups is 1. The van der Waals surface area contributed by atoms with Crippen LogP contribution in [-0.2, 0) is 14.9 Å². The second-order valence-corrected chi connectivity index (χ2v) is 8.56. The zero-order chi connectivity index (χ0) is 20.1. The Morgan fingerprint density at radius 3 is 2.29 bits per heavy atom. The number of benzene rings is 2. The number of carbonyl (C=O) groups excluding carboxylic acids is 1. The number of nitrogens with zero attached hydrogens (tertiary/aromatic N) is 2. The summed E-state index contributed by atoms with van der Waals surface area (Å²) < 4.78 is 34.8. The highest BCUT2D eigenvalue weighted by Gasteiger charge is 2.25. The molecule has 0 aromatic heterocycles. The fourth-order valence-corrected chi connectivity index (χ4v) is 3.87. The molecular weight excluding hydrogens is 402 g/mol. The van der Waals surface area contributed by atoms with Crippen LogP contribution in [0.1, 0.15) is 12.5 Å². The topological polar surface area (TPSA) is 106 Å². The Morgan fingerprint density at radius 1 is 1.07 bits per heavy atom. The summed E-state index contributed by atoms with van der Waals surface area (Å²) in [5, 5.41) is 10.7. The number of amides is 1. The third-order valence-corrected chi connectivity index (χ3v) is 5.91. The van der Waals surface area contributed by atoms with Crippen LogP contribution in [0.5, 0.6) is 11.5 Å². The summed E-state index contributed by atoms with van der Waals surface area (Å²) in [6.07, 6.45) is 1.49. The van der Waals surface area contributed by atoms with Crippen LogP contribution in [0.15, 0.2) is 63.6 Å². The van der Waals surface area contributed by atoms with Crippen molar-refractivity contribution in [2.24, 2.45) is 10.2 Å². The molecule has 0 bridgehead atoms. The van der Waals surface area contributed by atoms with Crippen LogP contribution in [0, 0.1) is 0 Å². The van der Waals surface area contributed by atoms with Crippen molar-refractivity contribution in [2.75, 3.05) is 7.11 Å². The predicted octanol–water partition coefficient (Wildman–Crippen LogP) is 2.40. The molecule has 1 aliphatic rings. The molecule has 0 unspecified atom stereocenters. The van der Waals surface area contributed by atoms with Crippen molar-refractivity contribution in [3.63, 3.8) is 0 Å². The van der Waals surface area contributed by atoms with E-state index in [1.54, 1.807) is 31.2 Å². The first-order valence-corrected chi connectivity index (χ1v) is 10.4. The lowest BCUT2D eigenvalue weighted by Crippen LogP contribution is -2.23. The van der Waals surface area contributed by atoms with Crippen LogP contribution in [0.4, 0.5) is 0 Å². The van der Waals surface area contributed by atoms with Crippen molar-refractivity contribution in [3.05, 3.63) is 54.1 Å². The highest BCUT2D eigenvalue weighted by atomic mass is 32.2. The number of methoxy groups -OCH3 is 1. The van der Waals surface area contributed by atoms with Gasteiger partial charge in [-0.25, -0.2) is 0 Å². The summed E-state index contributed by atoms with van der Waals surface area (Å²) in [4.78, 5) is 11.4. The molecule has 0 radical (unpaired) electrons. The number of hydrogen-bond acceptors (Lipinski definition) is 8. The van der Waals surface area contributed by atoms with Crippen LogP contribution < -0.4 is 14.2 Å². The minimum Gasteiger partial charge on any atom is -0.497 e. The molecule has 1 heterocycles. The highest BCUT2D eigenvalue weighted by Crippen LogP contribution is 2.21. The summed E-state index contributed by atoms with van der Waals surface area (Å²) in [5.41, 5.74) is 0.695. The average molecular weight is 419 g/mol. The Morgan fingerprint density at radius 2 is 1.71 bits per heavy atom. The summed E-state index contributed by atoms with van der Waals surface area (Å²) in [6.45, 7) is 1.78. The van der Waals surface area contributed by atoms with Crippen molar-refractivity contribution in [2.45, 2.75) is 17.1 Å². The molecule has 0 spiro atoms. The first kappa shape index (κ1) is 19.9. The van der Waals surface area contributed by atoms with Gasteiger partial charge in [-0.1, -0.05) is 11.8 Å². The summed E-state index contributed by atoms with van der Waals surface area (Å²) in [6, 6.07) is 12.2. The van der Waals surface area contributed by atoms with Crippen LogP contribution in [0.3, 0.4) is 0 Å². The lowest BCUT2D eigenvalue weighted by atomic mass is 10.2. The van der Waals surface area contributed by atoms with Crippen LogP contribution in [-0.4, -0.2) is 38.1 Å². The van der Waals surface area contributed by atoms with Crippen LogP contribution >= 0.6 is 11.8 Å². The second-order valence-electron chi connectivity index (χ2n) is 5.68. The first-order chi connectivity index (χ1) is 13.4. The van der Waals surface area contributed by atoms with E-state index in [2.05, 4.69) is 15.5 Å². The number of hydrogen-bond donors (Lipinski definition) is 1. The molecule has 10 heteroatoms. The summed E-state index contributed by atoms with van der Waals surface area (Å²) in [7, 11) is -2.44. The first-order valence-electron chi connectivity index (χ1n) is 8.14. The number of rotatable bonds is 6. The maximum absolute atomic E-state index is 12.3. The predicted molar refractivity (Wildman–Crippen MR) is 107 cm³/mol. The van der Waals surface area contributed by atoms with E-state index in [0.717, 1.165) is 0 Å². The molecule has 28 heavy (non-hydrogen) atoms. The molecule has 3 rings (SSSR count). The van der Waals surface area contributed by atoms with Crippen LogP contribution in [0.25, 0.3) is 0 Å². The van der Waals surface area contributed by atoms with Crippen LogP contribution in [0.2, 0.25) is 0 Å². The third kappa shape index (κ3) is 4.90. The van der Waals surface area contributed by atoms with E-state index in [1.165, 1.54) is 49.4 Å².